The van der Waals surface area contributed by atoms with E-state index in [1.54, 1.807) is 36.7 Å². The molecule has 0 unspecified atom stereocenters. The number of amides is 1. The molecule has 0 aliphatic rings. The van der Waals surface area contributed by atoms with Crippen molar-refractivity contribution in [2.75, 3.05) is 32.1 Å². The third kappa shape index (κ3) is 5.01. The highest BCUT2D eigenvalue weighted by atomic mass is 16.2. The largest absolute Gasteiger partial charge is 0.358 e. The van der Waals surface area contributed by atoms with Gasteiger partial charge in [-0.3, -0.25) is 9.78 Å². The van der Waals surface area contributed by atoms with Crippen LogP contribution in [0.4, 0.5) is 5.82 Å². The van der Waals surface area contributed by atoms with Crippen LogP contribution in [-0.4, -0.2) is 52.9 Å². The van der Waals surface area contributed by atoms with Crippen LogP contribution >= 0.6 is 0 Å². The van der Waals surface area contributed by atoms with E-state index in [9.17, 15) is 4.79 Å². The summed E-state index contributed by atoms with van der Waals surface area (Å²) in [5.41, 5.74) is 1.53. The molecule has 0 spiro atoms. The van der Waals surface area contributed by atoms with Crippen molar-refractivity contribution >= 4 is 11.7 Å². The van der Waals surface area contributed by atoms with Gasteiger partial charge in [-0.1, -0.05) is 13.3 Å². The molecule has 0 bridgehead atoms. The Morgan fingerprint density at radius 2 is 1.83 bits per heavy atom. The summed E-state index contributed by atoms with van der Waals surface area (Å²) < 4.78 is 0. The van der Waals surface area contributed by atoms with Crippen molar-refractivity contribution < 1.29 is 4.79 Å². The molecule has 0 radical (unpaired) electrons. The molecule has 1 amide bonds. The van der Waals surface area contributed by atoms with Gasteiger partial charge in [0.15, 0.2) is 0 Å². The monoisotopic (exact) mass is 327 g/mol. The van der Waals surface area contributed by atoms with E-state index in [2.05, 4.69) is 26.8 Å². The number of anilines is 1. The van der Waals surface area contributed by atoms with Crippen LogP contribution in [0.3, 0.4) is 0 Å². The number of hydrogen-bond donors (Lipinski definition) is 0. The summed E-state index contributed by atoms with van der Waals surface area (Å²) in [5, 5.41) is 0. The summed E-state index contributed by atoms with van der Waals surface area (Å²) in [6, 6.07) is 3.91. The molecule has 0 saturated carbocycles. The molecule has 6 heteroatoms. The maximum absolute atomic E-state index is 12.4. The zero-order chi connectivity index (χ0) is 17.4. The zero-order valence-electron chi connectivity index (χ0n) is 14.6. The number of nitrogens with zero attached hydrogens (tertiary/aromatic N) is 5. The predicted octanol–water partition coefficient (Wildman–Crippen LogP) is 2.42. The van der Waals surface area contributed by atoms with E-state index in [0.717, 1.165) is 37.2 Å². The first-order valence-corrected chi connectivity index (χ1v) is 8.29. The van der Waals surface area contributed by atoms with Crippen LogP contribution in [0.15, 0.2) is 36.9 Å². The Balaban J connectivity index is 1.91. The van der Waals surface area contributed by atoms with Crippen molar-refractivity contribution in [3.8, 4) is 0 Å². The lowest BCUT2D eigenvalue weighted by atomic mass is 10.2. The Morgan fingerprint density at radius 1 is 1.08 bits per heavy atom. The Labute approximate surface area is 143 Å². The maximum atomic E-state index is 12.4. The number of hydrogen-bond acceptors (Lipinski definition) is 5. The van der Waals surface area contributed by atoms with Crippen LogP contribution in [0.5, 0.6) is 0 Å². The molecule has 0 atom stereocenters. The zero-order valence-corrected chi connectivity index (χ0v) is 14.6. The fourth-order valence-corrected chi connectivity index (χ4v) is 2.28. The standard InChI is InChI=1S/C18H25N5O/c1-4-5-11-22(2)17-14-20-16(13-21-17)18(24)23(3)12-8-15-6-9-19-10-7-15/h6-7,9-10,13-14H,4-5,8,11-12H2,1-3H3. The second kappa shape index (κ2) is 8.96. The number of likely N-dealkylation sites (N-methyl/N-ethyl adjacent to an activating group) is 1. The number of carbonyl (C=O) groups excluding carboxylic acids is 1. The molecule has 128 valence electrons. The normalized spacial score (nSPS) is 10.5. The van der Waals surface area contributed by atoms with Gasteiger partial charge in [0, 0.05) is 39.6 Å². The number of pyridine rings is 1. The third-order valence-corrected chi connectivity index (χ3v) is 3.93. The average Bonchev–Trinajstić information content (AvgIpc) is 2.64. The maximum Gasteiger partial charge on any atom is 0.273 e. The van der Waals surface area contributed by atoms with Crippen LogP contribution in [0.1, 0.15) is 35.8 Å². The fourth-order valence-electron chi connectivity index (χ4n) is 2.28. The molecule has 2 rings (SSSR count). The van der Waals surface area contributed by atoms with Crippen LogP contribution in [0.25, 0.3) is 0 Å². The topological polar surface area (TPSA) is 62.2 Å². The molecular formula is C18H25N5O. The molecule has 0 N–H and O–H groups in total. The first kappa shape index (κ1) is 17.8. The fraction of sp³-hybridized carbons (Fsp3) is 0.444. The molecule has 0 aromatic carbocycles. The lowest BCUT2D eigenvalue weighted by Gasteiger charge is -2.19. The summed E-state index contributed by atoms with van der Waals surface area (Å²) in [6.07, 6.45) is 9.78. The number of unbranched alkanes of at least 4 members (excludes halogenated alkanes) is 1. The van der Waals surface area contributed by atoms with Crippen LogP contribution in [0, 0.1) is 0 Å². The van der Waals surface area contributed by atoms with Crippen molar-refractivity contribution in [1.29, 1.82) is 0 Å². The lowest BCUT2D eigenvalue weighted by molar-refractivity contribution is 0.0790. The summed E-state index contributed by atoms with van der Waals surface area (Å²) in [5.74, 6) is 0.679. The quantitative estimate of drug-likeness (QED) is 0.745. The van der Waals surface area contributed by atoms with Crippen LogP contribution < -0.4 is 4.90 Å². The van der Waals surface area contributed by atoms with Gasteiger partial charge in [-0.15, -0.1) is 0 Å². The minimum Gasteiger partial charge on any atom is -0.358 e. The summed E-state index contributed by atoms with van der Waals surface area (Å²) in [4.78, 5) is 28.8. The van der Waals surface area contributed by atoms with Gasteiger partial charge in [-0.25, -0.2) is 9.97 Å². The van der Waals surface area contributed by atoms with Gasteiger partial charge in [-0.2, -0.15) is 0 Å². The van der Waals surface area contributed by atoms with E-state index >= 15 is 0 Å². The second-order valence-corrected chi connectivity index (χ2v) is 5.87. The van der Waals surface area contributed by atoms with Gasteiger partial charge in [0.25, 0.3) is 5.91 Å². The summed E-state index contributed by atoms with van der Waals surface area (Å²) in [6.45, 7) is 3.72. The SMILES string of the molecule is CCCCN(C)c1cnc(C(=O)N(C)CCc2ccncc2)cn1. The van der Waals surface area contributed by atoms with E-state index in [4.69, 9.17) is 0 Å². The highest BCUT2D eigenvalue weighted by Gasteiger charge is 2.14. The summed E-state index contributed by atoms with van der Waals surface area (Å²) in [7, 11) is 3.77. The van der Waals surface area contributed by atoms with Crippen LogP contribution in [-0.2, 0) is 6.42 Å². The van der Waals surface area contributed by atoms with Gasteiger partial charge in [0.2, 0.25) is 0 Å². The van der Waals surface area contributed by atoms with Crippen molar-refractivity contribution in [2.45, 2.75) is 26.2 Å². The van der Waals surface area contributed by atoms with E-state index < -0.39 is 0 Å². The van der Waals surface area contributed by atoms with Gasteiger partial charge in [0.05, 0.1) is 12.4 Å². The first-order valence-electron chi connectivity index (χ1n) is 8.29. The first-order chi connectivity index (χ1) is 11.6. The Hall–Kier alpha value is -2.50. The van der Waals surface area contributed by atoms with Gasteiger partial charge < -0.3 is 9.80 Å². The molecule has 24 heavy (non-hydrogen) atoms. The van der Waals surface area contributed by atoms with E-state index in [1.807, 2.05) is 19.2 Å². The highest BCUT2D eigenvalue weighted by Crippen LogP contribution is 2.09. The molecule has 0 saturated heterocycles. The Bertz CT molecular complexity index is 630. The van der Waals surface area contributed by atoms with Crippen molar-refractivity contribution in [1.82, 2.24) is 19.9 Å². The highest BCUT2D eigenvalue weighted by molar-refractivity contribution is 5.91. The third-order valence-electron chi connectivity index (χ3n) is 3.93. The van der Waals surface area contributed by atoms with E-state index in [0.29, 0.717) is 12.2 Å². The number of carbonyl (C=O) groups is 1. The Morgan fingerprint density at radius 3 is 2.46 bits per heavy atom. The van der Waals surface area contributed by atoms with Crippen molar-refractivity contribution in [3.05, 3.63) is 48.2 Å². The molecule has 2 aromatic heterocycles. The molecule has 2 aromatic rings. The van der Waals surface area contributed by atoms with Gasteiger partial charge >= 0.3 is 0 Å². The van der Waals surface area contributed by atoms with Crippen LogP contribution in [0.2, 0.25) is 0 Å². The van der Waals surface area contributed by atoms with Gasteiger partial charge in [-0.05, 0) is 30.5 Å². The minimum atomic E-state index is -0.112. The number of aromatic nitrogens is 3. The van der Waals surface area contributed by atoms with E-state index in [-0.39, 0.29) is 5.91 Å². The molecule has 0 aliphatic carbocycles. The Kier molecular flexibility index (Phi) is 6.66. The minimum absolute atomic E-state index is 0.112. The summed E-state index contributed by atoms with van der Waals surface area (Å²) >= 11 is 0. The molecule has 2 heterocycles. The molecule has 6 nitrogen and oxygen atoms in total. The second-order valence-electron chi connectivity index (χ2n) is 5.87. The molecular weight excluding hydrogens is 302 g/mol. The number of rotatable bonds is 8. The van der Waals surface area contributed by atoms with Crippen molar-refractivity contribution in [3.63, 3.8) is 0 Å². The molecule has 0 fully saturated rings. The molecule has 0 aliphatic heterocycles. The average molecular weight is 327 g/mol. The van der Waals surface area contributed by atoms with Gasteiger partial charge in [0.1, 0.15) is 11.5 Å². The predicted molar refractivity (Wildman–Crippen MR) is 95.1 cm³/mol. The lowest BCUT2D eigenvalue weighted by Crippen LogP contribution is -2.30. The smallest absolute Gasteiger partial charge is 0.273 e. The van der Waals surface area contributed by atoms with E-state index in [1.165, 1.54) is 0 Å². The van der Waals surface area contributed by atoms with Crippen molar-refractivity contribution in [2.24, 2.45) is 0 Å².